The minimum Gasteiger partial charge on any atom is -0.383 e. The summed E-state index contributed by atoms with van der Waals surface area (Å²) in [5.41, 5.74) is 0.287. The molecular formula is C13H18BrN3O3. The number of hydrogen-bond acceptors (Lipinski definition) is 4. The Morgan fingerprint density at radius 2 is 2.10 bits per heavy atom. The summed E-state index contributed by atoms with van der Waals surface area (Å²) in [6.07, 6.45) is 1.54. The molecule has 110 valence electrons. The summed E-state index contributed by atoms with van der Waals surface area (Å²) in [5, 5.41) is 0. The van der Waals surface area contributed by atoms with Crippen LogP contribution in [-0.4, -0.2) is 67.5 Å². The van der Waals surface area contributed by atoms with Gasteiger partial charge in [-0.25, -0.2) is 4.98 Å². The molecule has 0 saturated heterocycles. The third-order valence-electron chi connectivity index (χ3n) is 2.64. The predicted molar refractivity (Wildman–Crippen MR) is 78.4 cm³/mol. The number of halogens is 1. The summed E-state index contributed by atoms with van der Waals surface area (Å²) in [6.45, 7) is 0.688. The van der Waals surface area contributed by atoms with Gasteiger partial charge in [-0.2, -0.15) is 0 Å². The molecule has 0 saturated carbocycles. The van der Waals surface area contributed by atoms with E-state index in [1.165, 1.54) is 9.80 Å². The molecule has 0 spiro atoms. The molecule has 1 aromatic rings. The Hall–Kier alpha value is -1.47. The lowest BCUT2D eigenvalue weighted by molar-refractivity contribution is -0.129. The van der Waals surface area contributed by atoms with Gasteiger partial charge in [0.1, 0.15) is 12.2 Å². The van der Waals surface area contributed by atoms with Gasteiger partial charge >= 0.3 is 0 Å². The van der Waals surface area contributed by atoms with Gasteiger partial charge in [0.2, 0.25) is 5.91 Å². The number of nitrogens with zero attached hydrogens (tertiary/aromatic N) is 3. The van der Waals surface area contributed by atoms with Crippen LogP contribution in [-0.2, 0) is 9.53 Å². The van der Waals surface area contributed by atoms with Crippen molar-refractivity contribution in [2.75, 3.05) is 40.9 Å². The predicted octanol–water partition coefficient (Wildman–Crippen LogP) is 1.02. The van der Waals surface area contributed by atoms with Crippen LogP contribution in [0.15, 0.2) is 22.8 Å². The average molecular weight is 344 g/mol. The number of rotatable bonds is 6. The van der Waals surface area contributed by atoms with Gasteiger partial charge in [-0.1, -0.05) is 0 Å². The molecule has 20 heavy (non-hydrogen) atoms. The fourth-order valence-corrected chi connectivity index (χ4v) is 1.88. The Labute approximate surface area is 126 Å². The molecule has 0 aliphatic carbocycles. The smallest absolute Gasteiger partial charge is 0.274 e. The highest BCUT2D eigenvalue weighted by molar-refractivity contribution is 9.10. The second kappa shape index (κ2) is 7.96. The molecule has 0 fully saturated rings. The fourth-order valence-electron chi connectivity index (χ4n) is 1.45. The molecular weight excluding hydrogens is 326 g/mol. The Kier molecular flexibility index (Phi) is 6.60. The van der Waals surface area contributed by atoms with Crippen LogP contribution in [0.4, 0.5) is 0 Å². The third-order valence-corrected chi connectivity index (χ3v) is 3.28. The van der Waals surface area contributed by atoms with Gasteiger partial charge in [-0.15, -0.1) is 0 Å². The Balaban J connectivity index is 2.89. The zero-order valence-electron chi connectivity index (χ0n) is 11.8. The molecule has 0 unspecified atom stereocenters. The van der Waals surface area contributed by atoms with Gasteiger partial charge in [0.15, 0.2) is 0 Å². The number of likely N-dealkylation sites (N-methyl/N-ethyl adjacent to an activating group) is 1. The summed E-state index contributed by atoms with van der Waals surface area (Å²) < 4.78 is 5.58. The zero-order valence-corrected chi connectivity index (χ0v) is 13.4. The zero-order chi connectivity index (χ0) is 15.1. The second-order valence-corrected chi connectivity index (χ2v) is 5.20. The molecule has 0 aromatic carbocycles. The van der Waals surface area contributed by atoms with Gasteiger partial charge in [0, 0.05) is 38.4 Å². The minimum absolute atomic E-state index is 0.00178. The molecule has 7 heteroatoms. The number of carbonyl (C=O) groups is 2. The fraction of sp³-hybridized carbons (Fsp3) is 0.462. The largest absolute Gasteiger partial charge is 0.383 e. The van der Waals surface area contributed by atoms with E-state index >= 15 is 0 Å². The molecule has 6 nitrogen and oxygen atoms in total. The van der Waals surface area contributed by atoms with Crippen LogP contribution in [0.3, 0.4) is 0 Å². The van der Waals surface area contributed by atoms with Crippen LogP contribution in [0.5, 0.6) is 0 Å². The maximum Gasteiger partial charge on any atom is 0.274 e. The van der Waals surface area contributed by atoms with E-state index < -0.39 is 0 Å². The lowest BCUT2D eigenvalue weighted by Gasteiger charge is -2.23. The molecule has 0 radical (unpaired) electrons. The highest BCUT2D eigenvalue weighted by Crippen LogP contribution is 2.15. The van der Waals surface area contributed by atoms with E-state index in [0.717, 1.165) is 0 Å². The third kappa shape index (κ3) is 4.57. The van der Waals surface area contributed by atoms with Crippen LogP contribution in [0.25, 0.3) is 0 Å². The summed E-state index contributed by atoms with van der Waals surface area (Å²) in [6, 6.07) is 3.47. The monoisotopic (exact) mass is 343 g/mol. The molecule has 1 rings (SSSR count). The lowest BCUT2D eigenvalue weighted by Crippen LogP contribution is -2.42. The molecule has 0 N–H and O–H groups in total. The van der Waals surface area contributed by atoms with Crippen LogP contribution < -0.4 is 0 Å². The van der Waals surface area contributed by atoms with Crippen molar-refractivity contribution >= 4 is 27.7 Å². The van der Waals surface area contributed by atoms with Crippen molar-refractivity contribution in [3.8, 4) is 0 Å². The first-order valence-corrected chi connectivity index (χ1v) is 6.85. The summed E-state index contributed by atoms with van der Waals surface area (Å²) in [7, 11) is 4.85. The Bertz CT molecular complexity index is 480. The topological polar surface area (TPSA) is 62.7 Å². The van der Waals surface area contributed by atoms with E-state index in [-0.39, 0.29) is 24.1 Å². The molecule has 0 aliphatic rings. The number of aromatic nitrogens is 1. The first-order valence-electron chi connectivity index (χ1n) is 6.06. The number of hydrogen-bond donors (Lipinski definition) is 0. The summed E-state index contributed by atoms with van der Waals surface area (Å²) in [4.78, 5) is 31.2. The molecule has 0 aliphatic heterocycles. The van der Waals surface area contributed by atoms with Crippen molar-refractivity contribution in [2.45, 2.75) is 0 Å². The van der Waals surface area contributed by atoms with E-state index in [4.69, 9.17) is 4.74 Å². The van der Waals surface area contributed by atoms with Crippen LogP contribution in [0.1, 0.15) is 10.5 Å². The standard InChI is InChI=1S/C13H18BrN3O3/c1-16(2)11(18)9-17(7-8-20-3)13(19)12-10(14)5-4-6-15-12/h4-6H,7-9H2,1-3H3. The van der Waals surface area contributed by atoms with Crippen molar-refractivity contribution in [3.63, 3.8) is 0 Å². The first kappa shape index (κ1) is 16.6. The van der Waals surface area contributed by atoms with Gasteiger partial charge in [0.05, 0.1) is 6.61 Å². The quantitative estimate of drug-likeness (QED) is 0.773. The normalized spacial score (nSPS) is 10.2. The second-order valence-electron chi connectivity index (χ2n) is 4.34. The van der Waals surface area contributed by atoms with Crippen LogP contribution in [0, 0.1) is 0 Å². The minimum atomic E-state index is -0.301. The molecule has 0 bridgehead atoms. The number of ether oxygens (including phenoxy) is 1. The lowest BCUT2D eigenvalue weighted by atomic mass is 10.3. The van der Waals surface area contributed by atoms with Crippen molar-refractivity contribution in [2.24, 2.45) is 0 Å². The average Bonchev–Trinajstić information content (AvgIpc) is 2.42. The van der Waals surface area contributed by atoms with Gasteiger partial charge in [0.25, 0.3) is 5.91 Å². The Morgan fingerprint density at radius 3 is 2.65 bits per heavy atom. The van der Waals surface area contributed by atoms with Crippen LogP contribution >= 0.6 is 15.9 Å². The van der Waals surface area contributed by atoms with Crippen molar-refractivity contribution < 1.29 is 14.3 Å². The van der Waals surface area contributed by atoms with E-state index in [9.17, 15) is 9.59 Å². The van der Waals surface area contributed by atoms with Crippen molar-refractivity contribution in [1.29, 1.82) is 0 Å². The highest BCUT2D eigenvalue weighted by atomic mass is 79.9. The number of methoxy groups -OCH3 is 1. The Morgan fingerprint density at radius 1 is 1.40 bits per heavy atom. The van der Waals surface area contributed by atoms with E-state index in [1.54, 1.807) is 39.5 Å². The highest BCUT2D eigenvalue weighted by Gasteiger charge is 2.22. The van der Waals surface area contributed by atoms with E-state index in [1.807, 2.05) is 0 Å². The number of pyridine rings is 1. The van der Waals surface area contributed by atoms with Crippen LogP contribution in [0.2, 0.25) is 0 Å². The van der Waals surface area contributed by atoms with Gasteiger partial charge in [-0.3, -0.25) is 9.59 Å². The summed E-state index contributed by atoms with van der Waals surface area (Å²) >= 11 is 3.29. The van der Waals surface area contributed by atoms with Gasteiger partial charge in [-0.05, 0) is 28.1 Å². The number of amides is 2. The van der Waals surface area contributed by atoms with Crippen molar-refractivity contribution in [3.05, 3.63) is 28.5 Å². The SMILES string of the molecule is COCCN(CC(=O)N(C)C)C(=O)c1ncccc1Br. The van der Waals surface area contributed by atoms with Gasteiger partial charge < -0.3 is 14.5 Å². The maximum absolute atomic E-state index is 12.4. The van der Waals surface area contributed by atoms with E-state index in [0.29, 0.717) is 17.6 Å². The van der Waals surface area contributed by atoms with Crippen molar-refractivity contribution in [1.82, 2.24) is 14.8 Å². The molecule has 2 amide bonds. The molecule has 1 aromatic heterocycles. The number of carbonyl (C=O) groups excluding carboxylic acids is 2. The maximum atomic E-state index is 12.4. The van der Waals surface area contributed by atoms with E-state index in [2.05, 4.69) is 20.9 Å². The molecule has 0 atom stereocenters. The molecule has 1 heterocycles. The first-order chi connectivity index (χ1) is 9.47. The summed E-state index contributed by atoms with van der Waals surface area (Å²) in [5.74, 6) is -0.453.